The predicted octanol–water partition coefficient (Wildman–Crippen LogP) is 1.33. The Hall–Kier alpha value is -2.54. The zero-order valence-electron chi connectivity index (χ0n) is 15.2. The van der Waals surface area contributed by atoms with Crippen molar-refractivity contribution in [1.82, 2.24) is 20.2 Å². The summed E-state index contributed by atoms with van der Waals surface area (Å²) in [6.07, 6.45) is 3.21. The molecule has 26 heavy (non-hydrogen) atoms. The molecule has 2 atom stereocenters. The second kappa shape index (κ2) is 7.78. The van der Waals surface area contributed by atoms with Crippen molar-refractivity contribution in [1.29, 1.82) is 0 Å². The topological polar surface area (TPSA) is 101 Å². The first-order chi connectivity index (χ1) is 12.5. The minimum atomic E-state index is -0.463. The number of nitrogens with two attached hydrogens (primary N) is 1. The highest BCUT2D eigenvalue weighted by Gasteiger charge is 2.28. The van der Waals surface area contributed by atoms with Crippen LogP contribution in [0.3, 0.4) is 0 Å². The van der Waals surface area contributed by atoms with Gasteiger partial charge >= 0.3 is 0 Å². The molecule has 0 saturated carbocycles. The second-order valence-electron chi connectivity index (χ2n) is 6.96. The SMILES string of the molecule is CC(NC(=O)c1cnc2ccccc2n1)C1CCN(C(=O)[C@H](C)N)CC1. The molecule has 2 heterocycles. The van der Waals surface area contributed by atoms with E-state index >= 15 is 0 Å². The van der Waals surface area contributed by atoms with Gasteiger partial charge in [0.25, 0.3) is 5.91 Å². The number of nitrogens with one attached hydrogen (secondary N) is 1. The number of piperidine rings is 1. The molecule has 3 N–H and O–H groups in total. The second-order valence-corrected chi connectivity index (χ2v) is 6.96. The maximum absolute atomic E-state index is 12.5. The quantitative estimate of drug-likeness (QED) is 0.862. The fourth-order valence-corrected chi connectivity index (χ4v) is 3.37. The molecule has 0 aliphatic carbocycles. The van der Waals surface area contributed by atoms with Crippen molar-refractivity contribution in [2.24, 2.45) is 11.7 Å². The van der Waals surface area contributed by atoms with Gasteiger partial charge in [-0.2, -0.15) is 0 Å². The van der Waals surface area contributed by atoms with Crippen molar-refractivity contribution in [3.8, 4) is 0 Å². The van der Waals surface area contributed by atoms with Gasteiger partial charge in [-0.3, -0.25) is 14.6 Å². The van der Waals surface area contributed by atoms with E-state index in [1.54, 1.807) is 6.92 Å². The molecule has 1 aliphatic heterocycles. The first-order valence-electron chi connectivity index (χ1n) is 9.02. The molecular formula is C19H25N5O2. The van der Waals surface area contributed by atoms with Crippen molar-refractivity contribution >= 4 is 22.8 Å². The Bertz CT molecular complexity index is 799. The van der Waals surface area contributed by atoms with Crippen LogP contribution in [-0.4, -0.2) is 51.9 Å². The number of aromatic nitrogens is 2. The number of nitrogens with zero attached hydrogens (tertiary/aromatic N) is 3. The Morgan fingerprint density at radius 2 is 1.85 bits per heavy atom. The Balaban J connectivity index is 1.58. The lowest BCUT2D eigenvalue weighted by Crippen LogP contribution is -2.49. The smallest absolute Gasteiger partial charge is 0.271 e. The first-order valence-corrected chi connectivity index (χ1v) is 9.02. The highest BCUT2D eigenvalue weighted by Crippen LogP contribution is 2.21. The first kappa shape index (κ1) is 18.3. The maximum atomic E-state index is 12.5. The van der Waals surface area contributed by atoms with Gasteiger partial charge in [0.05, 0.1) is 23.3 Å². The summed E-state index contributed by atoms with van der Waals surface area (Å²) in [4.78, 5) is 35.0. The van der Waals surface area contributed by atoms with Gasteiger partial charge in [0, 0.05) is 19.1 Å². The molecule has 1 unspecified atom stereocenters. The summed E-state index contributed by atoms with van der Waals surface area (Å²) in [6.45, 7) is 5.07. The minimum Gasteiger partial charge on any atom is -0.348 e. The van der Waals surface area contributed by atoms with Crippen molar-refractivity contribution in [3.05, 3.63) is 36.2 Å². The number of para-hydroxylation sites is 2. The number of amides is 2. The van der Waals surface area contributed by atoms with E-state index in [1.807, 2.05) is 36.1 Å². The van der Waals surface area contributed by atoms with Gasteiger partial charge in [0.15, 0.2) is 0 Å². The molecule has 1 fully saturated rings. The monoisotopic (exact) mass is 355 g/mol. The van der Waals surface area contributed by atoms with E-state index in [1.165, 1.54) is 6.20 Å². The Morgan fingerprint density at radius 3 is 2.50 bits per heavy atom. The summed E-state index contributed by atoms with van der Waals surface area (Å²) in [5, 5.41) is 3.03. The molecule has 1 aliphatic rings. The number of likely N-dealkylation sites (tertiary alicyclic amines) is 1. The molecule has 1 aromatic carbocycles. The highest BCUT2D eigenvalue weighted by atomic mass is 16.2. The standard InChI is InChI=1S/C19H25N5O2/c1-12(20)19(26)24-9-7-14(8-10-24)13(2)22-18(25)17-11-21-15-5-3-4-6-16(15)23-17/h3-6,11-14H,7-10,20H2,1-2H3,(H,22,25)/t12-,13?/m0/s1. The van der Waals surface area contributed by atoms with Crippen molar-refractivity contribution in [2.45, 2.75) is 38.8 Å². The number of hydrogen-bond acceptors (Lipinski definition) is 5. The minimum absolute atomic E-state index is 0.00308. The Kier molecular flexibility index (Phi) is 5.46. The Labute approximate surface area is 153 Å². The average Bonchev–Trinajstić information content (AvgIpc) is 2.67. The van der Waals surface area contributed by atoms with Gasteiger partial charge in [0.1, 0.15) is 5.69 Å². The summed E-state index contributed by atoms with van der Waals surface area (Å²) >= 11 is 0. The molecule has 3 rings (SSSR count). The molecule has 138 valence electrons. The number of carbonyl (C=O) groups excluding carboxylic acids is 2. The van der Waals surface area contributed by atoms with E-state index in [9.17, 15) is 9.59 Å². The van der Waals surface area contributed by atoms with E-state index in [0.29, 0.717) is 30.2 Å². The molecular weight excluding hydrogens is 330 g/mol. The molecule has 0 bridgehead atoms. The third-order valence-corrected chi connectivity index (χ3v) is 4.99. The molecule has 7 nitrogen and oxygen atoms in total. The summed E-state index contributed by atoms with van der Waals surface area (Å²) in [5.41, 5.74) is 7.46. The van der Waals surface area contributed by atoms with Crippen LogP contribution in [0.2, 0.25) is 0 Å². The summed E-state index contributed by atoms with van der Waals surface area (Å²) in [5.74, 6) is 0.0981. The van der Waals surface area contributed by atoms with Gasteiger partial charge in [-0.1, -0.05) is 12.1 Å². The predicted molar refractivity (Wildman–Crippen MR) is 99.4 cm³/mol. The van der Waals surface area contributed by atoms with Crippen LogP contribution in [-0.2, 0) is 4.79 Å². The molecule has 1 saturated heterocycles. The number of fused-ring (bicyclic) bond motifs is 1. The van der Waals surface area contributed by atoms with Crippen LogP contribution in [0.25, 0.3) is 11.0 Å². The lowest BCUT2D eigenvalue weighted by Gasteiger charge is -2.35. The zero-order chi connectivity index (χ0) is 18.7. The third kappa shape index (κ3) is 3.99. The van der Waals surface area contributed by atoms with Gasteiger partial charge in [0.2, 0.25) is 5.91 Å². The van der Waals surface area contributed by atoms with Crippen LogP contribution in [0.15, 0.2) is 30.5 Å². The molecule has 2 aromatic rings. The number of carbonyl (C=O) groups is 2. The van der Waals surface area contributed by atoms with Crippen molar-refractivity contribution in [3.63, 3.8) is 0 Å². The number of rotatable bonds is 4. The van der Waals surface area contributed by atoms with Gasteiger partial charge in [-0.25, -0.2) is 4.98 Å². The number of benzene rings is 1. The van der Waals surface area contributed by atoms with Gasteiger partial charge in [-0.15, -0.1) is 0 Å². The van der Waals surface area contributed by atoms with Crippen LogP contribution in [0.1, 0.15) is 37.2 Å². The van der Waals surface area contributed by atoms with E-state index in [-0.39, 0.29) is 17.9 Å². The van der Waals surface area contributed by atoms with E-state index < -0.39 is 6.04 Å². The van der Waals surface area contributed by atoms with Crippen LogP contribution in [0, 0.1) is 5.92 Å². The normalized spacial score (nSPS) is 17.7. The molecule has 1 aromatic heterocycles. The largest absolute Gasteiger partial charge is 0.348 e. The number of hydrogen-bond donors (Lipinski definition) is 2. The summed E-state index contributed by atoms with van der Waals surface area (Å²) < 4.78 is 0. The van der Waals surface area contributed by atoms with E-state index in [0.717, 1.165) is 18.4 Å². The van der Waals surface area contributed by atoms with Crippen molar-refractivity contribution in [2.75, 3.05) is 13.1 Å². The fraction of sp³-hybridized carbons (Fsp3) is 0.474. The molecule has 0 spiro atoms. The maximum Gasteiger partial charge on any atom is 0.271 e. The van der Waals surface area contributed by atoms with E-state index in [4.69, 9.17) is 5.73 Å². The van der Waals surface area contributed by atoms with Crippen LogP contribution in [0.4, 0.5) is 0 Å². The zero-order valence-corrected chi connectivity index (χ0v) is 15.2. The van der Waals surface area contributed by atoms with Crippen LogP contribution >= 0.6 is 0 Å². The van der Waals surface area contributed by atoms with Crippen LogP contribution < -0.4 is 11.1 Å². The van der Waals surface area contributed by atoms with E-state index in [2.05, 4.69) is 15.3 Å². The Morgan fingerprint density at radius 1 is 1.19 bits per heavy atom. The third-order valence-electron chi connectivity index (χ3n) is 4.99. The van der Waals surface area contributed by atoms with Crippen molar-refractivity contribution < 1.29 is 9.59 Å². The molecule has 2 amide bonds. The van der Waals surface area contributed by atoms with Gasteiger partial charge < -0.3 is 16.0 Å². The lowest BCUT2D eigenvalue weighted by atomic mass is 9.90. The molecule has 0 radical (unpaired) electrons. The van der Waals surface area contributed by atoms with Gasteiger partial charge in [-0.05, 0) is 44.7 Å². The fourth-order valence-electron chi connectivity index (χ4n) is 3.37. The lowest BCUT2D eigenvalue weighted by molar-refractivity contribution is -0.133. The van der Waals surface area contributed by atoms with Crippen LogP contribution in [0.5, 0.6) is 0 Å². The summed E-state index contributed by atoms with van der Waals surface area (Å²) in [7, 11) is 0. The highest BCUT2D eigenvalue weighted by molar-refractivity contribution is 5.93. The molecule has 7 heteroatoms. The summed E-state index contributed by atoms with van der Waals surface area (Å²) in [6, 6.07) is 7.01. The average molecular weight is 355 g/mol.